The van der Waals surface area contributed by atoms with E-state index in [2.05, 4.69) is 58.7 Å². The van der Waals surface area contributed by atoms with Crippen LogP contribution in [0.5, 0.6) is 0 Å². The Morgan fingerprint density at radius 3 is 2.55 bits per heavy atom. The van der Waals surface area contributed by atoms with Gasteiger partial charge in [0.1, 0.15) is 6.54 Å². The molecule has 2 heterocycles. The maximum absolute atomic E-state index is 11.9. The lowest BCUT2D eigenvalue weighted by Crippen LogP contribution is -2.50. The molecule has 1 aromatic heterocycles. The Morgan fingerprint density at radius 1 is 1.23 bits per heavy atom. The van der Waals surface area contributed by atoms with Gasteiger partial charge >= 0.3 is 0 Å². The van der Waals surface area contributed by atoms with E-state index in [-0.39, 0.29) is 29.9 Å². The molecular weight excluding hydrogens is 507 g/mol. The molecule has 1 amide bonds. The lowest BCUT2D eigenvalue weighted by atomic mass is 9.99. The van der Waals surface area contributed by atoms with Gasteiger partial charge in [-0.05, 0) is 39.0 Å². The first-order valence-corrected chi connectivity index (χ1v) is 11.6. The Bertz CT molecular complexity index is 654. The summed E-state index contributed by atoms with van der Waals surface area (Å²) in [6, 6.07) is 2.39. The number of nitrogens with one attached hydrogen (secondary N) is 3. The Balaban J connectivity index is 0.00000480. The summed E-state index contributed by atoms with van der Waals surface area (Å²) >= 11 is 0. The third-order valence-corrected chi connectivity index (χ3v) is 5.59. The summed E-state index contributed by atoms with van der Waals surface area (Å²) < 4.78 is 5.49. The van der Waals surface area contributed by atoms with Crippen LogP contribution in [0.4, 0.5) is 0 Å². The highest BCUT2D eigenvalue weighted by Crippen LogP contribution is 2.22. The van der Waals surface area contributed by atoms with Crippen molar-refractivity contribution in [3.63, 3.8) is 0 Å². The maximum Gasteiger partial charge on any atom is 0.234 e. The molecule has 0 radical (unpaired) electrons. The molecule has 1 saturated heterocycles. The fraction of sp³-hybridized carbons (Fsp3) is 0.773. The van der Waals surface area contributed by atoms with Crippen molar-refractivity contribution < 1.29 is 9.32 Å². The molecular formula is C22H41IN6O2. The van der Waals surface area contributed by atoms with E-state index in [1.54, 1.807) is 0 Å². The van der Waals surface area contributed by atoms with Gasteiger partial charge in [0, 0.05) is 44.2 Å². The van der Waals surface area contributed by atoms with Crippen LogP contribution in [0.1, 0.15) is 77.2 Å². The van der Waals surface area contributed by atoms with Gasteiger partial charge in [0.15, 0.2) is 11.7 Å². The monoisotopic (exact) mass is 548 g/mol. The number of likely N-dealkylation sites (tertiary alicyclic amines) is 1. The molecule has 0 bridgehead atoms. The van der Waals surface area contributed by atoms with Gasteiger partial charge in [0.2, 0.25) is 5.91 Å². The average molecular weight is 549 g/mol. The Labute approximate surface area is 204 Å². The van der Waals surface area contributed by atoms with E-state index in [1.165, 1.54) is 0 Å². The first kappa shape index (κ1) is 27.7. The number of guanidine groups is 1. The molecule has 0 saturated carbocycles. The van der Waals surface area contributed by atoms with Gasteiger partial charge in [-0.3, -0.25) is 9.69 Å². The van der Waals surface area contributed by atoms with E-state index < -0.39 is 0 Å². The molecule has 1 aliphatic rings. The highest BCUT2D eigenvalue weighted by molar-refractivity contribution is 14.0. The molecule has 0 atom stereocenters. The number of hydrogen-bond acceptors (Lipinski definition) is 5. The van der Waals surface area contributed by atoms with Crippen LogP contribution in [0.2, 0.25) is 0 Å². The normalized spacial score (nSPS) is 15.6. The number of rotatable bonds is 11. The van der Waals surface area contributed by atoms with Crippen LogP contribution in [0.3, 0.4) is 0 Å². The minimum absolute atomic E-state index is 0. The lowest BCUT2D eigenvalue weighted by molar-refractivity contribution is -0.122. The van der Waals surface area contributed by atoms with Gasteiger partial charge in [-0.1, -0.05) is 25.9 Å². The molecule has 3 N–H and O–H groups in total. The van der Waals surface area contributed by atoms with Crippen LogP contribution in [0.15, 0.2) is 15.6 Å². The van der Waals surface area contributed by atoms with Crippen LogP contribution >= 0.6 is 24.0 Å². The number of aromatic nitrogens is 1. The predicted molar refractivity (Wildman–Crippen MR) is 136 cm³/mol. The molecule has 1 fully saturated rings. The van der Waals surface area contributed by atoms with Gasteiger partial charge < -0.3 is 20.5 Å². The lowest BCUT2D eigenvalue weighted by Gasteiger charge is -2.32. The summed E-state index contributed by atoms with van der Waals surface area (Å²) in [4.78, 5) is 18.8. The first-order chi connectivity index (χ1) is 14.6. The molecule has 0 unspecified atom stereocenters. The molecule has 0 aliphatic carbocycles. The second-order valence-electron chi connectivity index (χ2n) is 7.97. The van der Waals surface area contributed by atoms with E-state index >= 15 is 0 Å². The molecule has 0 spiro atoms. The second kappa shape index (κ2) is 15.4. The van der Waals surface area contributed by atoms with Crippen molar-refractivity contribution in [3.05, 3.63) is 17.5 Å². The number of nitrogens with zero attached hydrogens (tertiary/aromatic N) is 3. The quantitative estimate of drug-likeness (QED) is 0.223. The van der Waals surface area contributed by atoms with Crippen LogP contribution in [-0.2, 0) is 11.3 Å². The van der Waals surface area contributed by atoms with Crippen molar-refractivity contribution >= 4 is 35.8 Å². The minimum atomic E-state index is 0. The fourth-order valence-electron chi connectivity index (χ4n) is 3.73. The van der Waals surface area contributed by atoms with E-state index in [0.717, 1.165) is 75.7 Å². The van der Waals surface area contributed by atoms with E-state index in [1.807, 2.05) is 6.07 Å². The van der Waals surface area contributed by atoms with Crippen molar-refractivity contribution in [2.24, 2.45) is 4.99 Å². The average Bonchev–Trinajstić information content (AvgIpc) is 3.22. The maximum atomic E-state index is 11.9. The number of aliphatic imine (C=N–C) groups is 1. The van der Waals surface area contributed by atoms with Crippen LogP contribution < -0.4 is 16.0 Å². The van der Waals surface area contributed by atoms with Crippen LogP contribution in [0, 0.1) is 0 Å². The summed E-state index contributed by atoms with van der Waals surface area (Å²) in [6.45, 7) is 12.8. The summed E-state index contributed by atoms with van der Waals surface area (Å²) in [5.74, 6) is 2.17. The molecule has 2 rings (SSSR count). The fourth-order valence-corrected chi connectivity index (χ4v) is 3.73. The molecule has 178 valence electrons. The molecule has 31 heavy (non-hydrogen) atoms. The largest absolute Gasteiger partial charge is 0.359 e. The van der Waals surface area contributed by atoms with Gasteiger partial charge in [-0.25, -0.2) is 4.99 Å². The first-order valence-electron chi connectivity index (χ1n) is 11.6. The number of amides is 1. The number of hydrogen-bond donors (Lipinski definition) is 3. The zero-order valence-electron chi connectivity index (χ0n) is 19.6. The summed E-state index contributed by atoms with van der Waals surface area (Å²) in [5, 5.41) is 14.0. The van der Waals surface area contributed by atoms with Gasteiger partial charge in [-0.2, -0.15) is 0 Å². The topological polar surface area (TPSA) is 94.8 Å². The molecule has 1 aromatic rings. The van der Waals surface area contributed by atoms with Crippen LogP contribution in [0.25, 0.3) is 0 Å². The highest BCUT2D eigenvalue weighted by atomic mass is 127. The minimum Gasteiger partial charge on any atom is -0.359 e. The van der Waals surface area contributed by atoms with E-state index in [9.17, 15) is 4.79 Å². The highest BCUT2D eigenvalue weighted by Gasteiger charge is 2.21. The standard InChI is InChI=1S/C22H40N6O2.HI/c1-5-11-24-21(29)16-28-12-9-18(10-13-28)26-22(23-8-4)25-15-19-14-20(27-30-19)17(6-2)7-3;/h14,17-18H,5-13,15-16H2,1-4H3,(H,24,29)(H2,23,25,26);1H. The summed E-state index contributed by atoms with van der Waals surface area (Å²) in [6.07, 6.45) is 5.08. The Kier molecular flexibility index (Phi) is 13.8. The van der Waals surface area contributed by atoms with Crippen molar-refractivity contribution in [1.29, 1.82) is 0 Å². The van der Waals surface area contributed by atoms with Crippen molar-refractivity contribution in [2.45, 2.75) is 78.3 Å². The number of piperidine rings is 1. The third-order valence-electron chi connectivity index (χ3n) is 5.59. The zero-order valence-corrected chi connectivity index (χ0v) is 21.9. The van der Waals surface area contributed by atoms with Gasteiger partial charge in [-0.15, -0.1) is 24.0 Å². The third kappa shape index (κ3) is 9.76. The molecule has 1 aliphatic heterocycles. The van der Waals surface area contributed by atoms with Crippen molar-refractivity contribution in [1.82, 2.24) is 26.0 Å². The molecule has 0 aromatic carbocycles. The Hall–Kier alpha value is -1.36. The smallest absolute Gasteiger partial charge is 0.234 e. The zero-order chi connectivity index (χ0) is 21.8. The summed E-state index contributed by atoms with van der Waals surface area (Å²) in [5.41, 5.74) is 1.03. The van der Waals surface area contributed by atoms with E-state index in [4.69, 9.17) is 4.52 Å². The molecule has 9 heteroatoms. The predicted octanol–water partition coefficient (Wildman–Crippen LogP) is 3.24. The van der Waals surface area contributed by atoms with Crippen LogP contribution in [-0.4, -0.2) is 60.7 Å². The summed E-state index contributed by atoms with van der Waals surface area (Å²) in [7, 11) is 0. The second-order valence-corrected chi connectivity index (χ2v) is 7.97. The van der Waals surface area contributed by atoms with Gasteiger partial charge in [0.05, 0.1) is 12.2 Å². The van der Waals surface area contributed by atoms with Crippen molar-refractivity contribution in [3.8, 4) is 0 Å². The number of carbonyl (C=O) groups is 1. The van der Waals surface area contributed by atoms with E-state index in [0.29, 0.717) is 25.0 Å². The van der Waals surface area contributed by atoms with Gasteiger partial charge in [0.25, 0.3) is 0 Å². The Morgan fingerprint density at radius 2 is 1.94 bits per heavy atom. The SMILES string of the molecule is CCCNC(=O)CN1CCC(NC(=NCc2cc(C(CC)CC)no2)NCC)CC1.I. The number of halogens is 1. The number of carbonyl (C=O) groups excluding carboxylic acids is 1. The van der Waals surface area contributed by atoms with Crippen molar-refractivity contribution in [2.75, 3.05) is 32.7 Å². The molecule has 8 nitrogen and oxygen atoms in total.